The van der Waals surface area contributed by atoms with E-state index in [4.69, 9.17) is 20.1 Å². The van der Waals surface area contributed by atoms with E-state index in [0.29, 0.717) is 6.61 Å². The van der Waals surface area contributed by atoms with Gasteiger partial charge in [0.15, 0.2) is 0 Å². The molecule has 0 aliphatic rings. The summed E-state index contributed by atoms with van der Waals surface area (Å²) >= 11 is 0. The van der Waals surface area contributed by atoms with E-state index in [1.54, 1.807) is 21.3 Å². The SMILES string of the molecule is COCCC(NN)c1cc(OC)ccc1OC. The van der Waals surface area contributed by atoms with Crippen LogP contribution in [0, 0.1) is 0 Å². The lowest BCUT2D eigenvalue weighted by molar-refractivity contribution is 0.182. The zero-order valence-electron chi connectivity index (χ0n) is 10.5. The Bertz CT molecular complexity index is 345. The molecule has 0 fully saturated rings. The predicted molar refractivity (Wildman–Crippen MR) is 66.1 cm³/mol. The Hall–Kier alpha value is -1.30. The van der Waals surface area contributed by atoms with Crippen LogP contribution in [0.4, 0.5) is 0 Å². The standard InChI is InChI=1S/C12H20N2O3/c1-15-7-6-11(14-13)10-8-9(16-2)4-5-12(10)17-3/h4-5,8,11,14H,6-7,13H2,1-3H3. The molecule has 0 bridgehead atoms. The summed E-state index contributed by atoms with van der Waals surface area (Å²) < 4.78 is 15.6. The van der Waals surface area contributed by atoms with Crippen molar-refractivity contribution in [3.63, 3.8) is 0 Å². The number of rotatable bonds is 7. The lowest BCUT2D eigenvalue weighted by atomic mass is 10.0. The zero-order valence-corrected chi connectivity index (χ0v) is 10.5. The van der Waals surface area contributed by atoms with Gasteiger partial charge in [-0.1, -0.05) is 0 Å². The molecule has 0 saturated heterocycles. The smallest absolute Gasteiger partial charge is 0.123 e. The topological polar surface area (TPSA) is 65.7 Å². The number of benzene rings is 1. The normalized spacial score (nSPS) is 12.2. The first-order chi connectivity index (χ1) is 8.26. The summed E-state index contributed by atoms with van der Waals surface area (Å²) in [5, 5.41) is 0. The minimum atomic E-state index is -0.0278. The summed E-state index contributed by atoms with van der Waals surface area (Å²) in [6.07, 6.45) is 0.760. The number of hydrogen-bond donors (Lipinski definition) is 2. The van der Waals surface area contributed by atoms with Crippen LogP contribution in [0.3, 0.4) is 0 Å². The Balaban J connectivity index is 2.97. The maximum Gasteiger partial charge on any atom is 0.123 e. The molecule has 0 aliphatic heterocycles. The molecule has 0 aliphatic carbocycles. The van der Waals surface area contributed by atoms with Crippen molar-refractivity contribution in [1.82, 2.24) is 5.43 Å². The van der Waals surface area contributed by atoms with Crippen LogP contribution in [0.5, 0.6) is 11.5 Å². The second-order valence-electron chi connectivity index (χ2n) is 3.61. The maximum absolute atomic E-state index is 5.56. The molecule has 0 radical (unpaired) electrons. The van der Waals surface area contributed by atoms with Crippen molar-refractivity contribution in [2.24, 2.45) is 5.84 Å². The van der Waals surface area contributed by atoms with Crippen molar-refractivity contribution in [3.05, 3.63) is 23.8 Å². The number of methoxy groups -OCH3 is 3. The van der Waals surface area contributed by atoms with E-state index in [1.807, 2.05) is 18.2 Å². The summed E-state index contributed by atoms with van der Waals surface area (Å²) in [6.45, 7) is 0.620. The molecule has 1 aromatic carbocycles. The Morgan fingerprint density at radius 3 is 2.53 bits per heavy atom. The van der Waals surface area contributed by atoms with E-state index in [-0.39, 0.29) is 6.04 Å². The fourth-order valence-electron chi connectivity index (χ4n) is 1.68. The highest BCUT2D eigenvalue weighted by Gasteiger charge is 2.15. The van der Waals surface area contributed by atoms with Crippen LogP contribution in [-0.2, 0) is 4.74 Å². The minimum absolute atomic E-state index is 0.0278. The van der Waals surface area contributed by atoms with Crippen molar-refractivity contribution in [2.75, 3.05) is 27.9 Å². The van der Waals surface area contributed by atoms with Gasteiger partial charge in [0.05, 0.1) is 20.3 Å². The third-order valence-electron chi connectivity index (χ3n) is 2.62. The van der Waals surface area contributed by atoms with Crippen LogP contribution in [0.15, 0.2) is 18.2 Å². The zero-order chi connectivity index (χ0) is 12.7. The fourth-order valence-corrected chi connectivity index (χ4v) is 1.68. The Morgan fingerprint density at radius 1 is 1.24 bits per heavy atom. The molecule has 1 atom stereocenters. The quantitative estimate of drug-likeness (QED) is 0.554. The highest BCUT2D eigenvalue weighted by molar-refractivity contribution is 5.42. The maximum atomic E-state index is 5.56. The predicted octanol–water partition coefficient (Wildman–Crippen LogP) is 1.24. The van der Waals surface area contributed by atoms with Gasteiger partial charge in [-0.2, -0.15) is 0 Å². The van der Waals surface area contributed by atoms with Gasteiger partial charge < -0.3 is 14.2 Å². The van der Waals surface area contributed by atoms with Crippen molar-refractivity contribution in [2.45, 2.75) is 12.5 Å². The second-order valence-corrected chi connectivity index (χ2v) is 3.61. The molecule has 0 saturated carbocycles. The number of nitrogens with one attached hydrogen (secondary N) is 1. The van der Waals surface area contributed by atoms with Crippen molar-refractivity contribution in [1.29, 1.82) is 0 Å². The summed E-state index contributed by atoms with van der Waals surface area (Å²) in [4.78, 5) is 0. The van der Waals surface area contributed by atoms with E-state index < -0.39 is 0 Å². The largest absolute Gasteiger partial charge is 0.497 e. The Morgan fingerprint density at radius 2 is 2.00 bits per heavy atom. The first-order valence-electron chi connectivity index (χ1n) is 5.43. The Kier molecular flexibility index (Phi) is 5.76. The van der Waals surface area contributed by atoms with Gasteiger partial charge in [-0.15, -0.1) is 0 Å². The first kappa shape index (κ1) is 13.8. The van der Waals surface area contributed by atoms with Crippen LogP contribution in [0.2, 0.25) is 0 Å². The van der Waals surface area contributed by atoms with Crippen molar-refractivity contribution in [3.8, 4) is 11.5 Å². The van der Waals surface area contributed by atoms with Gasteiger partial charge in [-0.05, 0) is 24.6 Å². The Labute approximate surface area is 102 Å². The third kappa shape index (κ3) is 3.59. The first-order valence-corrected chi connectivity index (χ1v) is 5.43. The molecule has 96 valence electrons. The fraction of sp³-hybridized carbons (Fsp3) is 0.500. The van der Waals surface area contributed by atoms with E-state index >= 15 is 0 Å². The lowest BCUT2D eigenvalue weighted by Crippen LogP contribution is -2.29. The molecular weight excluding hydrogens is 220 g/mol. The summed E-state index contributed by atoms with van der Waals surface area (Å²) in [5.41, 5.74) is 3.73. The molecule has 1 aromatic rings. The van der Waals surface area contributed by atoms with Gasteiger partial charge >= 0.3 is 0 Å². The molecule has 0 spiro atoms. The highest BCUT2D eigenvalue weighted by atomic mass is 16.5. The molecule has 1 unspecified atom stereocenters. The minimum Gasteiger partial charge on any atom is -0.497 e. The molecular formula is C12H20N2O3. The van der Waals surface area contributed by atoms with E-state index in [2.05, 4.69) is 5.43 Å². The van der Waals surface area contributed by atoms with Crippen LogP contribution < -0.4 is 20.7 Å². The lowest BCUT2D eigenvalue weighted by Gasteiger charge is -2.19. The monoisotopic (exact) mass is 240 g/mol. The van der Waals surface area contributed by atoms with Crippen LogP contribution >= 0.6 is 0 Å². The molecule has 3 N–H and O–H groups in total. The molecule has 0 amide bonds. The van der Waals surface area contributed by atoms with Gasteiger partial charge in [0.25, 0.3) is 0 Å². The van der Waals surface area contributed by atoms with Crippen molar-refractivity contribution >= 4 is 0 Å². The molecule has 0 aromatic heterocycles. The molecule has 1 rings (SSSR count). The van der Waals surface area contributed by atoms with E-state index in [9.17, 15) is 0 Å². The van der Waals surface area contributed by atoms with Crippen LogP contribution in [0.1, 0.15) is 18.0 Å². The third-order valence-corrected chi connectivity index (χ3v) is 2.62. The number of hydrogen-bond acceptors (Lipinski definition) is 5. The number of nitrogens with two attached hydrogens (primary N) is 1. The average Bonchev–Trinajstić information content (AvgIpc) is 2.39. The second kappa shape index (κ2) is 7.11. The summed E-state index contributed by atoms with van der Waals surface area (Å²) in [6, 6.07) is 5.61. The molecule has 17 heavy (non-hydrogen) atoms. The van der Waals surface area contributed by atoms with Gasteiger partial charge in [0, 0.05) is 19.3 Å². The molecule has 0 heterocycles. The average molecular weight is 240 g/mol. The summed E-state index contributed by atoms with van der Waals surface area (Å²) in [5.74, 6) is 7.12. The van der Waals surface area contributed by atoms with Crippen LogP contribution in [0.25, 0.3) is 0 Å². The highest BCUT2D eigenvalue weighted by Crippen LogP contribution is 2.30. The van der Waals surface area contributed by atoms with E-state index in [1.165, 1.54) is 0 Å². The number of ether oxygens (including phenoxy) is 3. The van der Waals surface area contributed by atoms with Gasteiger partial charge in [-0.3, -0.25) is 11.3 Å². The summed E-state index contributed by atoms with van der Waals surface area (Å²) in [7, 11) is 4.93. The molecule has 5 heteroatoms. The van der Waals surface area contributed by atoms with E-state index in [0.717, 1.165) is 23.5 Å². The van der Waals surface area contributed by atoms with Crippen LogP contribution in [-0.4, -0.2) is 27.9 Å². The van der Waals surface area contributed by atoms with Gasteiger partial charge in [0.2, 0.25) is 0 Å². The van der Waals surface area contributed by atoms with Crippen molar-refractivity contribution < 1.29 is 14.2 Å². The molecule has 5 nitrogen and oxygen atoms in total. The number of hydrazine groups is 1. The van der Waals surface area contributed by atoms with Gasteiger partial charge in [-0.25, -0.2) is 0 Å². The van der Waals surface area contributed by atoms with Gasteiger partial charge in [0.1, 0.15) is 11.5 Å².